The Hall–Kier alpha value is -10.1. The summed E-state index contributed by atoms with van der Waals surface area (Å²) >= 11 is 1.42. The second-order valence-corrected chi connectivity index (χ2v) is 20.8. The summed E-state index contributed by atoms with van der Waals surface area (Å²) in [5.74, 6) is -0.560. The number of aromatic nitrogens is 18. The molecule has 42 heteroatoms. The van der Waals surface area contributed by atoms with E-state index in [0.29, 0.717) is 5.69 Å². The molecule has 0 radical (unpaired) electrons. The van der Waals surface area contributed by atoms with Gasteiger partial charge in [-0.05, 0) is 117 Å². The molecule has 0 aliphatic rings. The van der Waals surface area contributed by atoms with Gasteiger partial charge in [-0.2, -0.15) is 81.2 Å². The number of alkyl halides is 15. The molecule has 0 bridgehead atoms. The van der Waals surface area contributed by atoms with Gasteiger partial charge in [0, 0.05) is 95.2 Å². The van der Waals surface area contributed by atoms with E-state index in [4.69, 9.17) is 9.05 Å². The molecule has 11 heterocycles. The highest BCUT2D eigenvalue weighted by Gasteiger charge is 2.39. The van der Waals surface area contributed by atoms with Crippen LogP contribution in [0.2, 0.25) is 0 Å². The van der Waals surface area contributed by atoms with E-state index >= 15 is 0 Å². The Morgan fingerprint density at radius 1 is 0.443 bits per heavy atom. The third kappa shape index (κ3) is 33.8. The van der Waals surface area contributed by atoms with Crippen molar-refractivity contribution in [1.82, 2.24) is 88.2 Å². The van der Waals surface area contributed by atoms with Gasteiger partial charge in [0.1, 0.15) is 23.5 Å². The van der Waals surface area contributed by atoms with Crippen molar-refractivity contribution in [1.29, 1.82) is 0 Å². The molecule has 11 rings (SSSR count). The van der Waals surface area contributed by atoms with E-state index in [9.17, 15) is 80.4 Å². The maximum Gasteiger partial charge on any atom is 0.452 e. The van der Waals surface area contributed by atoms with Crippen molar-refractivity contribution in [2.75, 3.05) is 0 Å². The van der Waals surface area contributed by atoms with Crippen molar-refractivity contribution in [2.24, 2.45) is 42.3 Å². The fourth-order valence-corrected chi connectivity index (χ4v) is 6.31. The Bertz CT molecular complexity index is 3720. The maximum absolute atomic E-state index is 12.7. The smallest absolute Gasteiger partial charge is 0.361 e. The first-order chi connectivity index (χ1) is 44.4. The predicted octanol–water partition coefficient (Wildman–Crippen LogP) is 14.6. The van der Waals surface area contributed by atoms with Crippen LogP contribution in [-0.2, 0) is 73.2 Å². The molecule has 0 amide bonds. The summed E-state index contributed by atoms with van der Waals surface area (Å²) in [6.07, 6.45) is -11.9. The van der Waals surface area contributed by atoms with Crippen molar-refractivity contribution in [3.8, 4) is 0 Å². The Kier molecular flexibility index (Phi) is 33.2. The van der Waals surface area contributed by atoms with Gasteiger partial charge in [-0.15, -0.1) is 5.10 Å². The average Bonchev–Trinajstić information content (AvgIpc) is 1.69. The van der Waals surface area contributed by atoms with E-state index in [2.05, 4.69) is 75.6 Å². The summed E-state index contributed by atoms with van der Waals surface area (Å²) in [5.41, 5.74) is 1.73. The molecule has 25 nitrogen and oxygen atoms in total. The molecular formula is C55H67F16N19O6S. The van der Waals surface area contributed by atoms with E-state index in [0.717, 1.165) is 74.6 Å². The minimum absolute atomic E-state index is 0.113. The molecule has 0 fully saturated rings. The Balaban J connectivity index is 0.000000536. The molecule has 0 aliphatic heterocycles. The highest BCUT2D eigenvalue weighted by molar-refractivity contribution is 7.05. The molecule has 0 atom stereocenters. The van der Waals surface area contributed by atoms with Crippen molar-refractivity contribution in [3.63, 3.8) is 0 Å². The third-order valence-electron chi connectivity index (χ3n) is 10.7. The van der Waals surface area contributed by atoms with Crippen LogP contribution in [0.4, 0.5) is 76.1 Å². The summed E-state index contributed by atoms with van der Waals surface area (Å²) in [7, 11) is 9.81. The number of imidazole rings is 3. The zero-order valence-electron chi connectivity index (χ0n) is 54.9. The molecule has 0 N–H and O–H groups in total. The molecule has 97 heavy (non-hydrogen) atoms. The van der Waals surface area contributed by atoms with Gasteiger partial charge in [0.15, 0.2) is 22.9 Å². The number of nitrogens with zero attached hydrogens (tertiary/aromatic N) is 19. The largest absolute Gasteiger partial charge is 0.452 e. The van der Waals surface area contributed by atoms with E-state index in [1.54, 1.807) is 26.5 Å². The first-order valence-electron chi connectivity index (χ1n) is 26.9. The maximum atomic E-state index is 12.7. The number of hydrogen-bond acceptors (Lipinski definition) is 19. The van der Waals surface area contributed by atoms with Crippen LogP contribution in [0.25, 0.3) is 0 Å². The van der Waals surface area contributed by atoms with Crippen LogP contribution in [0, 0.1) is 99.0 Å². The summed E-state index contributed by atoms with van der Waals surface area (Å²) in [6, 6.07) is 8.54. The highest BCUT2D eigenvalue weighted by Crippen LogP contribution is 2.32. The van der Waals surface area contributed by atoms with Crippen LogP contribution in [0.5, 0.6) is 0 Å². The molecule has 0 aliphatic carbocycles. The van der Waals surface area contributed by atoms with Crippen LogP contribution >= 0.6 is 11.5 Å². The third-order valence-corrected chi connectivity index (χ3v) is 11.2. The van der Waals surface area contributed by atoms with Gasteiger partial charge in [-0.3, -0.25) is 14.0 Å². The summed E-state index contributed by atoms with van der Waals surface area (Å²) in [6.45, 7) is 21.2. The lowest BCUT2D eigenvalue weighted by Gasteiger charge is -1.99. The van der Waals surface area contributed by atoms with Crippen LogP contribution in [0.3, 0.4) is 0 Å². The molecule has 0 saturated heterocycles. The molecule has 0 saturated carbocycles. The normalized spacial score (nSPS) is 10.9. The van der Waals surface area contributed by atoms with E-state index in [1.165, 1.54) is 85.5 Å². The monoisotopic (exact) mass is 1430 g/mol. The van der Waals surface area contributed by atoms with Gasteiger partial charge in [0.05, 0.1) is 53.0 Å². The first kappa shape index (κ1) is 85.0. The summed E-state index contributed by atoms with van der Waals surface area (Å²) < 4.78 is 219. The number of nitro groups is 1. The molecule has 11 aromatic heterocycles. The van der Waals surface area contributed by atoms with Crippen LogP contribution in [0.15, 0.2) is 98.3 Å². The number of halogens is 16. The van der Waals surface area contributed by atoms with Crippen LogP contribution in [-0.4, -0.2) is 93.1 Å². The number of rotatable bonds is 1. The fourth-order valence-electron chi connectivity index (χ4n) is 5.99. The second kappa shape index (κ2) is 37.9. The highest BCUT2D eigenvalue weighted by atomic mass is 32.1. The van der Waals surface area contributed by atoms with Gasteiger partial charge in [-0.25, -0.2) is 14.4 Å². The van der Waals surface area contributed by atoms with E-state index < -0.39 is 70.2 Å². The second-order valence-electron chi connectivity index (χ2n) is 19.8. The Morgan fingerprint density at radius 2 is 0.897 bits per heavy atom. The lowest BCUT2D eigenvalue weighted by atomic mass is 10.3. The Labute approximate surface area is 546 Å². The van der Waals surface area contributed by atoms with E-state index in [-0.39, 0.29) is 23.0 Å². The van der Waals surface area contributed by atoms with Crippen molar-refractivity contribution in [3.05, 3.63) is 192 Å². The van der Waals surface area contributed by atoms with Crippen molar-refractivity contribution < 1.29 is 93.3 Å². The average molecular weight is 1430 g/mol. The van der Waals surface area contributed by atoms with Gasteiger partial charge < -0.3 is 41.9 Å². The summed E-state index contributed by atoms with van der Waals surface area (Å²) in [5, 5.41) is 37.1. The first-order valence-corrected chi connectivity index (χ1v) is 27.7. The molecular weight excluding hydrogens is 1360 g/mol. The predicted molar refractivity (Wildman–Crippen MR) is 314 cm³/mol. The molecule has 0 aromatic carbocycles. The standard InChI is InChI=1S/C6H6F4N2.C6H7F3N2.C6H10N2.C5H5F3N2.2C5H4F3NO.C5H8N2.2C5H7NO.C4H5N3O2.C3H4N2S/c1-3-4(7)5(6(8,9)10)11-12(3)2;1-4-3-5(6(7,8)9)10-11(4)2;1-5-4-6(2)8(3)7-5;1-10-2-4(9-3-10)5(6,7)8;1-3-2-4(9-10-3)5(6,7)8;1-3-2-4(10-9-3)5(6,7)8;1-5-3-7(2)4-6-5;2*1-4-3-5(2)7-6-4;1-6-2-4(5-3-6)7(8)9;1-3-2-4-5-6-3/h1-2H3;3H,1-2H3;4H,1-3H3;2-3H,1H3;2*2H,1H3;3-4H,1-2H3;2*3H,1-2H3;2-3H,1H3;2H,1H3. The van der Waals surface area contributed by atoms with Crippen molar-refractivity contribution >= 4 is 17.4 Å². The topological polar surface area (TPSA) is 280 Å². The van der Waals surface area contributed by atoms with Gasteiger partial charge in [-0.1, -0.05) is 25.1 Å². The Morgan fingerprint density at radius 3 is 1.06 bits per heavy atom. The molecule has 0 spiro atoms. The van der Waals surface area contributed by atoms with Crippen LogP contribution in [0.1, 0.15) is 96.2 Å². The number of aryl methyl sites for hydroxylation is 17. The molecule has 0 unspecified atom stereocenters. The lowest BCUT2D eigenvalue weighted by molar-refractivity contribution is -0.389. The quantitative estimate of drug-likeness (QED) is 0.0838. The van der Waals surface area contributed by atoms with Gasteiger partial charge in [0.25, 0.3) is 0 Å². The fraction of sp³-hybridized carbons (Fsp3) is 0.418. The minimum Gasteiger partial charge on any atom is -0.361 e. The van der Waals surface area contributed by atoms with Gasteiger partial charge >= 0.3 is 36.7 Å². The number of hydrogen-bond donors (Lipinski definition) is 0. The molecule has 11 aromatic rings. The van der Waals surface area contributed by atoms with Crippen molar-refractivity contribution in [2.45, 2.75) is 114 Å². The summed E-state index contributed by atoms with van der Waals surface area (Å²) in [4.78, 5) is 21.2. The zero-order chi connectivity index (χ0) is 74.7. The molecule has 536 valence electrons. The minimum atomic E-state index is -4.71. The van der Waals surface area contributed by atoms with E-state index in [1.807, 2.05) is 97.1 Å². The lowest BCUT2D eigenvalue weighted by Crippen LogP contribution is -2.08. The SMILES string of the molecule is Cc1c(F)c(C(F)(F)F)nn1C.Cc1cc(C(F)(F)F)nn1C.Cc1cc(C(F)(F)F)no1.Cc1cc(C(F)(F)F)on1.Cc1cc(C)n(C)n1.Cc1cc(C)on1.Cc1cc(C)on1.Cc1cn(C)cn1.Cc1cnns1.Cn1cnc(C(F)(F)F)c1.Cn1cnc([N+](=O)[O-])c1. The van der Waals surface area contributed by atoms with Gasteiger partial charge in [0.2, 0.25) is 17.8 Å². The van der Waals surface area contributed by atoms with Crippen LogP contribution < -0.4 is 0 Å². The zero-order valence-corrected chi connectivity index (χ0v) is 55.7.